The van der Waals surface area contributed by atoms with Gasteiger partial charge in [0, 0.05) is 12.6 Å². The molecule has 1 aliphatic rings. The predicted molar refractivity (Wildman–Crippen MR) is 71.1 cm³/mol. The van der Waals surface area contributed by atoms with Gasteiger partial charge in [-0.1, -0.05) is 18.6 Å². The summed E-state index contributed by atoms with van der Waals surface area (Å²) in [5.41, 5.74) is 1.11. The van der Waals surface area contributed by atoms with Crippen LogP contribution in [0.4, 0.5) is 0 Å². The Bertz CT molecular complexity index is 501. The molecule has 1 aromatic carbocycles. The van der Waals surface area contributed by atoms with Gasteiger partial charge in [-0.25, -0.2) is 0 Å². The van der Waals surface area contributed by atoms with Crippen molar-refractivity contribution in [3.63, 3.8) is 0 Å². The Labute approximate surface area is 113 Å². The largest absolute Gasteiger partial charge is 0.479 e. The average Bonchev–Trinajstić information content (AvgIpc) is 2.91. The minimum Gasteiger partial charge on any atom is -0.479 e. The molecule has 0 aromatic heterocycles. The van der Waals surface area contributed by atoms with Crippen LogP contribution in [0.3, 0.4) is 0 Å². The lowest BCUT2D eigenvalue weighted by atomic mass is 10.1. The fourth-order valence-electron chi connectivity index (χ4n) is 2.47. The van der Waals surface area contributed by atoms with Crippen LogP contribution in [0, 0.1) is 28.6 Å². The molecule has 98 valence electrons. The number of rotatable bonds is 5. The zero-order chi connectivity index (χ0) is 13.5. The summed E-state index contributed by atoms with van der Waals surface area (Å²) in [5.74, 6) is 0.849. The third-order valence-corrected chi connectivity index (χ3v) is 3.45. The van der Waals surface area contributed by atoms with Gasteiger partial charge in [0.1, 0.15) is 11.8 Å². The summed E-state index contributed by atoms with van der Waals surface area (Å²) in [6, 6.07) is 12.3. The normalized spacial score (nSPS) is 21.6. The first kappa shape index (κ1) is 13.4. The summed E-state index contributed by atoms with van der Waals surface area (Å²) in [4.78, 5) is 0. The van der Waals surface area contributed by atoms with Crippen molar-refractivity contribution in [1.82, 2.24) is 5.32 Å². The lowest BCUT2D eigenvalue weighted by Crippen LogP contribution is -2.31. The topological polar surface area (TPSA) is 68.8 Å². The number of nitrogens with one attached hydrogen (secondary N) is 1. The van der Waals surface area contributed by atoms with Crippen LogP contribution < -0.4 is 10.1 Å². The summed E-state index contributed by atoms with van der Waals surface area (Å²) >= 11 is 0. The maximum Gasteiger partial charge on any atom is 0.174 e. The van der Waals surface area contributed by atoms with E-state index in [1.807, 2.05) is 30.3 Å². The molecule has 0 amide bonds. The van der Waals surface area contributed by atoms with Gasteiger partial charge in [-0.05, 0) is 30.5 Å². The molecule has 2 unspecified atom stereocenters. The molecule has 1 fully saturated rings. The Kier molecular flexibility index (Phi) is 4.78. The third kappa shape index (κ3) is 3.71. The molecule has 0 radical (unpaired) electrons. The van der Waals surface area contributed by atoms with Gasteiger partial charge >= 0.3 is 0 Å². The van der Waals surface area contributed by atoms with Crippen molar-refractivity contribution >= 4 is 0 Å². The minimum atomic E-state index is 0.0655. The van der Waals surface area contributed by atoms with Crippen LogP contribution in [-0.2, 0) is 6.54 Å². The first-order valence-corrected chi connectivity index (χ1v) is 6.55. The number of hydrogen-bond donors (Lipinski definition) is 1. The van der Waals surface area contributed by atoms with E-state index in [1.165, 1.54) is 0 Å². The molecule has 1 aromatic rings. The highest BCUT2D eigenvalue weighted by molar-refractivity contribution is 5.28. The highest BCUT2D eigenvalue weighted by Crippen LogP contribution is 2.25. The molecular formula is C15H17N3O. The molecule has 0 aliphatic heterocycles. The van der Waals surface area contributed by atoms with Crippen LogP contribution >= 0.6 is 0 Å². The van der Waals surface area contributed by atoms with Crippen molar-refractivity contribution < 1.29 is 4.74 Å². The van der Waals surface area contributed by atoms with Gasteiger partial charge in [-0.2, -0.15) is 10.5 Å². The molecule has 19 heavy (non-hydrogen) atoms. The maximum absolute atomic E-state index is 9.03. The first-order valence-electron chi connectivity index (χ1n) is 6.55. The van der Waals surface area contributed by atoms with E-state index in [1.54, 1.807) is 0 Å². The van der Waals surface area contributed by atoms with E-state index < -0.39 is 0 Å². The fourth-order valence-corrected chi connectivity index (χ4v) is 2.47. The molecule has 0 spiro atoms. The average molecular weight is 255 g/mol. The molecule has 0 heterocycles. The van der Waals surface area contributed by atoms with E-state index in [4.69, 9.17) is 15.3 Å². The zero-order valence-corrected chi connectivity index (χ0v) is 10.8. The van der Waals surface area contributed by atoms with Gasteiger partial charge < -0.3 is 10.1 Å². The molecule has 2 atom stereocenters. The second kappa shape index (κ2) is 6.78. The maximum atomic E-state index is 9.03. The highest BCUT2D eigenvalue weighted by Gasteiger charge is 2.26. The highest BCUT2D eigenvalue weighted by atomic mass is 16.5. The Morgan fingerprint density at radius 1 is 1.32 bits per heavy atom. The molecule has 1 aliphatic carbocycles. The van der Waals surface area contributed by atoms with Crippen molar-refractivity contribution in [3.8, 4) is 17.9 Å². The molecule has 2 rings (SSSR count). The van der Waals surface area contributed by atoms with Gasteiger partial charge in [0.15, 0.2) is 6.61 Å². The van der Waals surface area contributed by atoms with Crippen molar-refractivity contribution in [2.75, 3.05) is 6.61 Å². The molecule has 0 bridgehead atoms. The quantitative estimate of drug-likeness (QED) is 0.877. The van der Waals surface area contributed by atoms with Crippen LogP contribution in [0.15, 0.2) is 24.3 Å². The zero-order valence-electron chi connectivity index (χ0n) is 10.8. The number of benzene rings is 1. The number of hydrogen-bond acceptors (Lipinski definition) is 4. The molecular weight excluding hydrogens is 238 g/mol. The third-order valence-electron chi connectivity index (χ3n) is 3.45. The second-order valence-electron chi connectivity index (χ2n) is 4.75. The Hall–Kier alpha value is -2.04. The monoisotopic (exact) mass is 255 g/mol. The van der Waals surface area contributed by atoms with E-state index in [-0.39, 0.29) is 12.5 Å². The number of ether oxygens (including phenoxy) is 1. The number of nitrogens with zero attached hydrogens (tertiary/aromatic N) is 2. The van der Waals surface area contributed by atoms with Crippen LogP contribution in [0.25, 0.3) is 0 Å². The Morgan fingerprint density at radius 3 is 3.00 bits per heavy atom. The van der Waals surface area contributed by atoms with E-state index in [0.717, 1.165) is 31.4 Å². The van der Waals surface area contributed by atoms with Crippen molar-refractivity contribution in [3.05, 3.63) is 29.8 Å². The van der Waals surface area contributed by atoms with Crippen LogP contribution in [0.1, 0.15) is 24.8 Å². The van der Waals surface area contributed by atoms with Gasteiger partial charge in [0.25, 0.3) is 0 Å². The summed E-state index contributed by atoms with van der Waals surface area (Å²) < 4.78 is 5.27. The molecule has 1 N–H and O–H groups in total. The van der Waals surface area contributed by atoms with Crippen LogP contribution in [-0.4, -0.2) is 12.6 Å². The smallest absolute Gasteiger partial charge is 0.174 e. The van der Waals surface area contributed by atoms with Crippen molar-refractivity contribution in [1.29, 1.82) is 10.5 Å². The molecule has 0 saturated heterocycles. The van der Waals surface area contributed by atoms with Gasteiger partial charge in [-0.15, -0.1) is 0 Å². The fraction of sp³-hybridized carbons (Fsp3) is 0.467. The van der Waals surface area contributed by atoms with E-state index in [2.05, 4.69) is 11.4 Å². The van der Waals surface area contributed by atoms with Gasteiger partial charge in [0.05, 0.1) is 12.0 Å². The van der Waals surface area contributed by atoms with E-state index in [9.17, 15) is 0 Å². The molecule has 1 saturated carbocycles. The SMILES string of the molecule is N#CCOc1cccc(CNC2CCCC2C#N)c1. The second-order valence-corrected chi connectivity index (χ2v) is 4.75. The minimum absolute atomic E-state index is 0.0655. The Morgan fingerprint density at radius 2 is 2.21 bits per heavy atom. The number of nitriles is 2. The van der Waals surface area contributed by atoms with E-state index in [0.29, 0.717) is 11.8 Å². The van der Waals surface area contributed by atoms with Crippen LogP contribution in [0.2, 0.25) is 0 Å². The first-order chi connectivity index (χ1) is 9.33. The van der Waals surface area contributed by atoms with E-state index >= 15 is 0 Å². The summed E-state index contributed by atoms with van der Waals surface area (Å²) in [6.07, 6.45) is 3.20. The van der Waals surface area contributed by atoms with Gasteiger partial charge in [-0.3, -0.25) is 0 Å². The standard InChI is InChI=1S/C15H17N3O/c16-7-8-19-14-5-1-3-12(9-14)11-18-15-6-2-4-13(15)10-17/h1,3,5,9,13,15,18H,2,4,6,8,11H2. The van der Waals surface area contributed by atoms with Crippen molar-refractivity contribution in [2.45, 2.75) is 31.8 Å². The molecule has 4 heteroatoms. The van der Waals surface area contributed by atoms with Gasteiger partial charge in [0.2, 0.25) is 0 Å². The summed E-state index contributed by atoms with van der Waals surface area (Å²) in [7, 11) is 0. The Balaban J connectivity index is 1.89. The lowest BCUT2D eigenvalue weighted by Gasteiger charge is -2.15. The molecule has 4 nitrogen and oxygen atoms in total. The van der Waals surface area contributed by atoms with Crippen molar-refractivity contribution in [2.24, 2.45) is 5.92 Å². The predicted octanol–water partition coefficient (Wildman–Crippen LogP) is 2.37. The lowest BCUT2D eigenvalue weighted by molar-refractivity contribution is 0.367. The summed E-state index contributed by atoms with van der Waals surface area (Å²) in [5, 5.41) is 21.0. The summed E-state index contributed by atoms with van der Waals surface area (Å²) in [6.45, 7) is 0.794. The van der Waals surface area contributed by atoms with Crippen LogP contribution in [0.5, 0.6) is 5.75 Å².